The highest BCUT2D eigenvalue weighted by Crippen LogP contribution is 2.19. The molecule has 0 atom stereocenters. The second-order valence-corrected chi connectivity index (χ2v) is 4.64. The van der Waals surface area contributed by atoms with E-state index >= 15 is 0 Å². The summed E-state index contributed by atoms with van der Waals surface area (Å²) in [6, 6.07) is 4.09. The van der Waals surface area contributed by atoms with Gasteiger partial charge in [-0.2, -0.15) is 0 Å². The number of Topliss-reactive ketones (excluding diaryl/α,β-unsaturated/α-hetero) is 1. The Hall–Kier alpha value is -1.91. The van der Waals surface area contributed by atoms with Crippen molar-refractivity contribution >= 4 is 11.7 Å². The van der Waals surface area contributed by atoms with E-state index in [0.29, 0.717) is 25.7 Å². The minimum absolute atomic E-state index is 0.00429. The third kappa shape index (κ3) is 3.30. The predicted octanol–water partition coefficient (Wildman–Crippen LogP) is 2.08. The van der Waals surface area contributed by atoms with Gasteiger partial charge in [-0.3, -0.25) is 9.59 Å². The monoisotopic (exact) mass is 265 g/mol. The Bertz CT molecular complexity index is 491. The molecule has 1 N–H and O–H groups in total. The maximum Gasteiger partial charge on any atom is 0.251 e. The number of nitrogens with one attached hydrogen (secondary N) is 1. The molecule has 19 heavy (non-hydrogen) atoms. The Morgan fingerprint density at radius 3 is 2.63 bits per heavy atom. The SMILES string of the molecule is COc1ccc(C(=O)NC2CCC(=O)CC2)cc1F. The maximum absolute atomic E-state index is 13.5. The van der Waals surface area contributed by atoms with Gasteiger partial charge < -0.3 is 10.1 Å². The Morgan fingerprint density at radius 2 is 2.05 bits per heavy atom. The van der Waals surface area contributed by atoms with E-state index in [0.717, 1.165) is 6.07 Å². The molecule has 0 aromatic heterocycles. The van der Waals surface area contributed by atoms with Gasteiger partial charge in [0.05, 0.1) is 7.11 Å². The van der Waals surface area contributed by atoms with Crippen LogP contribution in [0.3, 0.4) is 0 Å². The average Bonchev–Trinajstić information content (AvgIpc) is 2.41. The van der Waals surface area contributed by atoms with Crippen LogP contribution in [-0.2, 0) is 4.79 Å². The van der Waals surface area contributed by atoms with Crippen LogP contribution in [-0.4, -0.2) is 24.8 Å². The third-order valence-electron chi connectivity index (χ3n) is 3.29. The lowest BCUT2D eigenvalue weighted by Gasteiger charge is -2.22. The summed E-state index contributed by atoms with van der Waals surface area (Å²) in [5, 5.41) is 2.82. The van der Waals surface area contributed by atoms with Gasteiger partial charge in [-0.15, -0.1) is 0 Å². The zero-order valence-corrected chi connectivity index (χ0v) is 10.7. The van der Waals surface area contributed by atoms with Crippen LogP contribution in [0.25, 0.3) is 0 Å². The number of halogens is 1. The van der Waals surface area contributed by atoms with E-state index < -0.39 is 5.82 Å². The minimum Gasteiger partial charge on any atom is -0.494 e. The van der Waals surface area contributed by atoms with E-state index in [9.17, 15) is 14.0 Å². The van der Waals surface area contributed by atoms with E-state index in [-0.39, 0.29) is 29.0 Å². The van der Waals surface area contributed by atoms with Crippen molar-refractivity contribution in [2.75, 3.05) is 7.11 Å². The molecule has 1 aromatic carbocycles. The van der Waals surface area contributed by atoms with Gasteiger partial charge in [0.25, 0.3) is 5.91 Å². The fourth-order valence-electron chi connectivity index (χ4n) is 2.16. The Balaban J connectivity index is 2.00. The summed E-state index contributed by atoms with van der Waals surface area (Å²) in [6.07, 6.45) is 2.32. The Kier molecular flexibility index (Phi) is 4.14. The van der Waals surface area contributed by atoms with Gasteiger partial charge in [-0.1, -0.05) is 0 Å². The molecule has 1 aliphatic carbocycles. The summed E-state index contributed by atoms with van der Waals surface area (Å²) in [6.45, 7) is 0. The molecule has 1 saturated carbocycles. The Morgan fingerprint density at radius 1 is 1.37 bits per heavy atom. The lowest BCUT2D eigenvalue weighted by Crippen LogP contribution is -2.37. The van der Waals surface area contributed by atoms with Crippen molar-refractivity contribution in [3.8, 4) is 5.75 Å². The van der Waals surface area contributed by atoms with Crippen molar-refractivity contribution in [2.24, 2.45) is 0 Å². The molecule has 1 fully saturated rings. The summed E-state index contributed by atoms with van der Waals surface area (Å²) >= 11 is 0. The molecule has 1 aromatic rings. The smallest absolute Gasteiger partial charge is 0.251 e. The molecule has 0 unspecified atom stereocenters. The van der Waals surface area contributed by atoms with Gasteiger partial charge in [-0.05, 0) is 31.0 Å². The summed E-state index contributed by atoms with van der Waals surface area (Å²) in [7, 11) is 1.37. The summed E-state index contributed by atoms with van der Waals surface area (Å²) in [5.74, 6) is -0.532. The van der Waals surface area contributed by atoms with Crippen molar-refractivity contribution in [1.29, 1.82) is 0 Å². The number of carbonyl (C=O) groups excluding carboxylic acids is 2. The highest BCUT2D eigenvalue weighted by molar-refractivity contribution is 5.94. The molecule has 5 heteroatoms. The molecular weight excluding hydrogens is 249 g/mol. The number of benzene rings is 1. The van der Waals surface area contributed by atoms with Crippen LogP contribution in [0.2, 0.25) is 0 Å². The van der Waals surface area contributed by atoms with Gasteiger partial charge in [0.15, 0.2) is 11.6 Å². The number of hydrogen-bond donors (Lipinski definition) is 1. The second-order valence-electron chi connectivity index (χ2n) is 4.64. The number of ketones is 1. The van der Waals surface area contributed by atoms with Crippen LogP contribution >= 0.6 is 0 Å². The molecule has 2 rings (SSSR count). The highest BCUT2D eigenvalue weighted by atomic mass is 19.1. The third-order valence-corrected chi connectivity index (χ3v) is 3.29. The normalized spacial score (nSPS) is 16.2. The number of ether oxygens (including phenoxy) is 1. The molecular formula is C14H16FNO3. The van der Waals surface area contributed by atoms with E-state index in [1.807, 2.05) is 0 Å². The minimum atomic E-state index is -0.561. The zero-order valence-electron chi connectivity index (χ0n) is 10.7. The molecule has 1 aliphatic rings. The van der Waals surface area contributed by atoms with Crippen LogP contribution in [0.5, 0.6) is 5.75 Å². The van der Waals surface area contributed by atoms with Crippen LogP contribution in [0.1, 0.15) is 36.0 Å². The van der Waals surface area contributed by atoms with Crippen molar-refractivity contribution in [2.45, 2.75) is 31.7 Å². The maximum atomic E-state index is 13.5. The first-order valence-corrected chi connectivity index (χ1v) is 6.26. The standard InChI is InChI=1S/C14H16FNO3/c1-19-13-7-2-9(8-12(13)15)14(18)16-10-3-5-11(17)6-4-10/h2,7-8,10H,3-6H2,1H3,(H,16,18). The average molecular weight is 265 g/mol. The van der Waals surface area contributed by atoms with Crippen LogP contribution in [0.4, 0.5) is 4.39 Å². The van der Waals surface area contributed by atoms with Crippen molar-refractivity contribution < 1.29 is 18.7 Å². The second kappa shape index (κ2) is 5.82. The molecule has 0 aliphatic heterocycles. The lowest BCUT2D eigenvalue weighted by atomic mass is 9.94. The van der Waals surface area contributed by atoms with Crippen molar-refractivity contribution in [1.82, 2.24) is 5.32 Å². The van der Waals surface area contributed by atoms with Gasteiger partial charge in [-0.25, -0.2) is 4.39 Å². The highest BCUT2D eigenvalue weighted by Gasteiger charge is 2.21. The number of rotatable bonds is 3. The molecule has 0 saturated heterocycles. The van der Waals surface area contributed by atoms with E-state index in [4.69, 9.17) is 4.74 Å². The van der Waals surface area contributed by atoms with Crippen LogP contribution in [0.15, 0.2) is 18.2 Å². The van der Waals surface area contributed by atoms with Gasteiger partial charge in [0, 0.05) is 24.4 Å². The molecule has 4 nitrogen and oxygen atoms in total. The van der Waals surface area contributed by atoms with Gasteiger partial charge in [0.1, 0.15) is 5.78 Å². The number of methoxy groups -OCH3 is 1. The van der Waals surface area contributed by atoms with E-state index in [1.165, 1.54) is 19.2 Å². The number of hydrogen-bond acceptors (Lipinski definition) is 3. The van der Waals surface area contributed by atoms with Crippen LogP contribution < -0.4 is 10.1 Å². The number of carbonyl (C=O) groups is 2. The molecule has 0 radical (unpaired) electrons. The van der Waals surface area contributed by atoms with Crippen molar-refractivity contribution in [3.63, 3.8) is 0 Å². The zero-order chi connectivity index (χ0) is 13.8. The largest absolute Gasteiger partial charge is 0.494 e. The fraction of sp³-hybridized carbons (Fsp3) is 0.429. The summed E-state index contributed by atoms with van der Waals surface area (Å²) in [5.41, 5.74) is 0.259. The summed E-state index contributed by atoms with van der Waals surface area (Å²) in [4.78, 5) is 23.0. The molecule has 1 amide bonds. The molecule has 0 spiro atoms. The van der Waals surface area contributed by atoms with Gasteiger partial charge in [0.2, 0.25) is 0 Å². The Labute approximate surface area is 110 Å². The topological polar surface area (TPSA) is 55.4 Å². The van der Waals surface area contributed by atoms with Crippen LogP contribution in [0, 0.1) is 5.82 Å². The van der Waals surface area contributed by atoms with Gasteiger partial charge >= 0.3 is 0 Å². The fourth-order valence-corrected chi connectivity index (χ4v) is 2.16. The summed E-state index contributed by atoms with van der Waals surface area (Å²) < 4.78 is 18.3. The quantitative estimate of drug-likeness (QED) is 0.910. The van der Waals surface area contributed by atoms with E-state index in [1.54, 1.807) is 0 Å². The first-order chi connectivity index (χ1) is 9.10. The number of amides is 1. The molecule has 0 bridgehead atoms. The van der Waals surface area contributed by atoms with E-state index in [2.05, 4.69) is 5.32 Å². The first-order valence-electron chi connectivity index (χ1n) is 6.26. The molecule has 102 valence electrons. The first kappa shape index (κ1) is 13.5. The lowest BCUT2D eigenvalue weighted by molar-refractivity contribution is -0.120. The van der Waals surface area contributed by atoms with Crippen molar-refractivity contribution in [3.05, 3.63) is 29.6 Å². The molecule has 0 heterocycles. The predicted molar refractivity (Wildman–Crippen MR) is 67.7 cm³/mol.